The van der Waals surface area contributed by atoms with E-state index in [2.05, 4.69) is 0 Å². The molecule has 0 aromatic heterocycles. The summed E-state index contributed by atoms with van der Waals surface area (Å²) in [5, 5.41) is 18.0. The molecule has 0 aliphatic rings. The summed E-state index contributed by atoms with van der Waals surface area (Å²) >= 11 is 0. The summed E-state index contributed by atoms with van der Waals surface area (Å²) in [5.74, 6) is -1.97. The summed E-state index contributed by atoms with van der Waals surface area (Å²) in [5.41, 5.74) is 0.389. The zero-order chi connectivity index (χ0) is 13.1. The van der Waals surface area contributed by atoms with Gasteiger partial charge in [-0.15, -0.1) is 0 Å². The molecule has 0 saturated carbocycles. The summed E-state index contributed by atoms with van der Waals surface area (Å²) in [6.45, 7) is 3.40. The van der Waals surface area contributed by atoms with Crippen LogP contribution in [0.5, 0.6) is 0 Å². The topological polar surface area (TPSA) is 74.6 Å². The fraction of sp³-hybridized carbons (Fsp3) is 0.385. The van der Waals surface area contributed by atoms with Crippen LogP contribution in [-0.2, 0) is 15.0 Å². The van der Waals surface area contributed by atoms with Crippen LogP contribution in [0.15, 0.2) is 24.3 Å². The molecule has 1 aromatic rings. The lowest BCUT2D eigenvalue weighted by Crippen LogP contribution is -2.33. The Morgan fingerprint density at radius 3 is 2.29 bits per heavy atom. The van der Waals surface area contributed by atoms with Gasteiger partial charge in [-0.2, -0.15) is 0 Å². The molecule has 0 fully saturated rings. The molecule has 0 spiro atoms. The van der Waals surface area contributed by atoms with Crippen LogP contribution in [0.4, 0.5) is 0 Å². The van der Waals surface area contributed by atoms with Gasteiger partial charge < -0.3 is 10.2 Å². The Bertz CT molecular complexity index is 439. The lowest BCUT2D eigenvalue weighted by atomic mass is 9.76. The first-order chi connectivity index (χ1) is 7.88. The van der Waals surface area contributed by atoms with Crippen LogP contribution in [-0.4, -0.2) is 22.2 Å². The number of hydrogen-bond donors (Lipinski definition) is 2. The van der Waals surface area contributed by atoms with E-state index in [1.54, 1.807) is 19.1 Å². The van der Waals surface area contributed by atoms with Gasteiger partial charge in [0.05, 0.1) is 5.41 Å². The molecular weight excluding hydrogens is 220 g/mol. The van der Waals surface area contributed by atoms with E-state index >= 15 is 0 Å². The second kappa shape index (κ2) is 4.99. The first-order valence-corrected chi connectivity index (χ1v) is 5.39. The van der Waals surface area contributed by atoms with E-state index in [9.17, 15) is 14.7 Å². The molecule has 0 saturated heterocycles. The predicted molar refractivity (Wildman–Crippen MR) is 63.0 cm³/mol. The van der Waals surface area contributed by atoms with Gasteiger partial charge >= 0.3 is 11.9 Å². The number of aryl methyl sites for hydroxylation is 1. The molecule has 1 unspecified atom stereocenters. The molecule has 1 atom stereocenters. The summed E-state index contributed by atoms with van der Waals surface area (Å²) in [6, 6.07) is 7.17. The van der Waals surface area contributed by atoms with Crippen LogP contribution >= 0.6 is 0 Å². The van der Waals surface area contributed by atoms with Crippen LogP contribution in [0.3, 0.4) is 0 Å². The quantitative estimate of drug-likeness (QED) is 0.821. The van der Waals surface area contributed by atoms with E-state index in [1.165, 1.54) is 0 Å². The largest absolute Gasteiger partial charge is 0.481 e. The van der Waals surface area contributed by atoms with Crippen molar-refractivity contribution in [2.75, 3.05) is 0 Å². The summed E-state index contributed by atoms with van der Waals surface area (Å²) in [7, 11) is 0. The van der Waals surface area contributed by atoms with Crippen molar-refractivity contribution in [2.45, 2.75) is 32.1 Å². The van der Waals surface area contributed by atoms with Crippen molar-refractivity contribution < 1.29 is 19.8 Å². The summed E-state index contributed by atoms with van der Waals surface area (Å²) < 4.78 is 0. The van der Waals surface area contributed by atoms with Crippen LogP contribution in [0.1, 0.15) is 30.9 Å². The zero-order valence-corrected chi connectivity index (χ0v) is 9.93. The minimum atomic E-state index is -1.15. The Labute approximate surface area is 99.9 Å². The second-order valence-electron chi connectivity index (χ2n) is 4.35. The number of benzene rings is 1. The van der Waals surface area contributed by atoms with Gasteiger partial charge in [0.1, 0.15) is 0 Å². The fourth-order valence-electron chi connectivity index (χ4n) is 1.91. The highest BCUT2D eigenvalue weighted by Gasteiger charge is 2.36. The van der Waals surface area contributed by atoms with Crippen molar-refractivity contribution in [1.29, 1.82) is 0 Å². The van der Waals surface area contributed by atoms with Gasteiger partial charge in [-0.3, -0.25) is 9.59 Å². The molecule has 0 aliphatic carbocycles. The molecule has 0 radical (unpaired) electrons. The van der Waals surface area contributed by atoms with Gasteiger partial charge in [0, 0.05) is 6.42 Å². The Hall–Kier alpha value is -1.84. The van der Waals surface area contributed by atoms with Gasteiger partial charge in [-0.05, 0) is 31.4 Å². The summed E-state index contributed by atoms with van der Waals surface area (Å²) in [4.78, 5) is 22.0. The minimum Gasteiger partial charge on any atom is -0.481 e. The Kier molecular flexibility index (Phi) is 3.89. The van der Waals surface area contributed by atoms with E-state index in [0.717, 1.165) is 5.56 Å². The SMILES string of the molecule is Cc1ccccc1C(C)(CCC(=O)O)C(=O)O. The van der Waals surface area contributed by atoms with Crippen molar-refractivity contribution >= 4 is 11.9 Å². The molecule has 0 amide bonds. The molecule has 4 nitrogen and oxygen atoms in total. The van der Waals surface area contributed by atoms with E-state index in [1.807, 2.05) is 19.1 Å². The molecule has 92 valence electrons. The van der Waals surface area contributed by atoms with Gasteiger partial charge in [-0.1, -0.05) is 24.3 Å². The van der Waals surface area contributed by atoms with Gasteiger partial charge in [0.2, 0.25) is 0 Å². The highest BCUT2D eigenvalue weighted by molar-refractivity contribution is 5.82. The van der Waals surface area contributed by atoms with E-state index in [-0.39, 0.29) is 12.8 Å². The minimum absolute atomic E-state index is 0.0858. The Balaban J connectivity index is 3.12. The molecule has 1 rings (SSSR count). The van der Waals surface area contributed by atoms with Crippen molar-refractivity contribution in [3.8, 4) is 0 Å². The van der Waals surface area contributed by atoms with Gasteiger partial charge in [-0.25, -0.2) is 0 Å². The van der Waals surface area contributed by atoms with Gasteiger partial charge in [0.25, 0.3) is 0 Å². The lowest BCUT2D eigenvalue weighted by Gasteiger charge is -2.26. The van der Waals surface area contributed by atoms with E-state index < -0.39 is 17.4 Å². The van der Waals surface area contributed by atoms with E-state index in [4.69, 9.17) is 5.11 Å². The number of carboxylic acid groups (broad SMARTS) is 2. The second-order valence-corrected chi connectivity index (χ2v) is 4.35. The average Bonchev–Trinajstić information content (AvgIpc) is 2.26. The number of carbonyl (C=O) groups is 2. The third-order valence-electron chi connectivity index (χ3n) is 3.05. The molecule has 17 heavy (non-hydrogen) atoms. The van der Waals surface area contributed by atoms with Crippen LogP contribution in [0.25, 0.3) is 0 Å². The number of rotatable bonds is 5. The maximum absolute atomic E-state index is 11.4. The average molecular weight is 236 g/mol. The van der Waals surface area contributed by atoms with Crippen LogP contribution < -0.4 is 0 Å². The van der Waals surface area contributed by atoms with Crippen molar-refractivity contribution in [3.63, 3.8) is 0 Å². The van der Waals surface area contributed by atoms with Crippen LogP contribution in [0.2, 0.25) is 0 Å². The number of hydrogen-bond acceptors (Lipinski definition) is 2. The standard InChI is InChI=1S/C13H16O4/c1-9-5-3-4-6-10(9)13(2,12(16)17)8-7-11(14)15/h3-6H,7-8H2,1-2H3,(H,14,15)(H,16,17). The highest BCUT2D eigenvalue weighted by atomic mass is 16.4. The van der Waals surface area contributed by atoms with E-state index in [0.29, 0.717) is 5.56 Å². The van der Waals surface area contributed by atoms with Crippen molar-refractivity contribution in [1.82, 2.24) is 0 Å². The molecule has 0 heterocycles. The zero-order valence-electron chi connectivity index (χ0n) is 9.93. The molecule has 1 aromatic carbocycles. The molecule has 2 N–H and O–H groups in total. The normalized spacial score (nSPS) is 14.0. The fourth-order valence-corrected chi connectivity index (χ4v) is 1.91. The highest BCUT2D eigenvalue weighted by Crippen LogP contribution is 2.31. The molecule has 4 heteroatoms. The number of aliphatic carboxylic acids is 2. The lowest BCUT2D eigenvalue weighted by molar-refractivity contribution is -0.144. The van der Waals surface area contributed by atoms with Gasteiger partial charge in [0.15, 0.2) is 0 Å². The molecule has 0 aliphatic heterocycles. The van der Waals surface area contributed by atoms with Crippen molar-refractivity contribution in [2.24, 2.45) is 0 Å². The molecular formula is C13H16O4. The Morgan fingerprint density at radius 1 is 1.24 bits per heavy atom. The smallest absolute Gasteiger partial charge is 0.313 e. The number of carboxylic acids is 2. The maximum Gasteiger partial charge on any atom is 0.313 e. The van der Waals surface area contributed by atoms with Crippen LogP contribution in [0, 0.1) is 6.92 Å². The van der Waals surface area contributed by atoms with Crippen molar-refractivity contribution in [3.05, 3.63) is 35.4 Å². The third kappa shape index (κ3) is 2.84. The maximum atomic E-state index is 11.4. The first kappa shape index (κ1) is 13.2. The predicted octanol–water partition coefficient (Wildman–Crippen LogP) is 2.20. The Morgan fingerprint density at radius 2 is 1.82 bits per heavy atom. The first-order valence-electron chi connectivity index (χ1n) is 5.39. The summed E-state index contributed by atoms with van der Waals surface area (Å²) in [6.07, 6.45) is -0.0698. The monoisotopic (exact) mass is 236 g/mol. The molecule has 0 bridgehead atoms. The third-order valence-corrected chi connectivity index (χ3v) is 3.05.